The number of pyridine rings is 2. The first-order valence-electron chi connectivity index (χ1n) is 11.9. The molecule has 0 aliphatic heterocycles. The molecule has 0 atom stereocenters. The van der Waals surface area contributed by atoms with Crippen LogP contribution in [0.25, 0.3) is 39.1 Å². The first-order valence-corrected chi connectivity index (χ1v) is 12.8. The molecule has 0 fully saturated rings. The quantitative estimate of drug-likeness (QED) is 0.199. The highest BCUT2D eigenvalue weighted by atomic mass is 32.1. The molecule has 0 aliphatic carbocycles. The normalized spacial score (nSPS) is 11.8. The Labute approximate surface area is 220 Å². The van der Waals surface area contributed by atoms with Gasteiger partial charge in [0.05, 0.1) is 35.0 Å². The van der Waals surface area contributed by atoms with E-state index in [-0.39, 0.29) is 0 Å². The van der Waals surface area contributed by atoms with Crippen molar-refractivity contribution in [2.24, 2.45) is 0 Å². The zero-order valence-corrected chi connectivity index (χ0v) is 22.0. The lowest BCUT2D eigenvalue weighted by molar-refractivity contribution is 0.447. The average Bonchev–Trinajstić information content (AvgIpc) is 3.62. The molecule has 0 saturated heterocycles. The maximum Gasteiger partial charge on any atom is 0.116 e. The van der Waals surface area contributed by atoms with E-state index in [1.807, 2.05) is 38.6 Å². The fourth-order valence-corrected chi connectivity index (χ4v) is 5.14. The summed E-state index contributed by atoms with van der Waals surface area (Å²) in [5.41, 5.74) is 9.50. The molecular formula is C29H29N7S. The van der Waals surface area contributed by atoms with Crippen molar-refractivity contribution in [1.82, 2.24) is 30.0 Å². The molecule has 5 rings (SSSR count). The fraction of sp³-hybridized carbons (Fsp3) is 0.138. The molecule has 5 aromatic heterocycles. The van der Waals surface area contributed by atoms with Gasteiger partial charge in [-0.25, -0.2) is 0 Å². The Morgan fingerprint density at radius 1 is 1.19 bits per heavy atom. The third-order valence-electron chi connectivity index (χ3n) is 5.94. The number of H-pyrrole nitrogens is 2. The minimum absolute atomic E-state index is 0.737. The smallest absolute Gasteiger partial charge is 0.116 e. The van der Waals surface area contributed by atoms with Gasteiger partial charge in [0.1, 0.15) is 5.69 Å². The summed E-state index contributed by atoms with van der Waals surface area (Å²) in [4.78, 5) is 15.9. The van der Waals surface area contributed by atoms with Gasteiger partial charge in [-0.15, -0.1) is 11.3 Å². The highest BCUT2D eigenvalue weighted by Crippen LogP contribution is 2.35. The zero-order valence-electron chi connectivity index (χ0n) is 21.2. The van der Waals surface area contributed by atoms with Crippen molar-refractivity contribution < 1.29 is 0 Å². The van der Waals surface area contributed by atoms with Gasteiger partial charge in [-0.05, 0) is 50.7 Å². The van der Waals surface area contributed by atoms with Gasteiger partial charge in [0.2, 0.25) is 0 Å². The number of thiophene rings is 1. The van der Waals surface area contributed by atoms with Crippen LogP contribution in [0.2, 0.25) is 0 Å². The summed E-state index contributed by atoms with van der Waals surface area (Å²) in [5.74, 6) is 0. The number of likely N-dealkylation sites (N-methyl/N-ethyl adjacent to an activating group) is 1. The summed E-state index contributed by atoms with van der Waals surface area (Å²) in [7, 11) is 4.02. The van der Waals surface area contributed by atoms with Crippen molar-refractivity contribution in [2.75, 3.05) is 26.0 Å². The number of hydrogen-bond donors (Lipinski definition) is 3. The minimum atomic E-state index is 0.737. The highest BCUT2D eigenvalue weighted by Gasteiger charge is 2.17. The number of hydrogen-bond acceptors (Lipinski definition) is 6. The molecule has 37 heavy (non-hydrogen) atoms. The lowest BCUT2D eigenvalue weighted by atomic mass is 10.0. The number of aromatic amines is 2. The number of aromatic nitrogens is 5. The van der Waals surface area contributed by atoms with E-state index in [9.17, 15) is 0 Å². The molecule has 186 valence electrons. The van der Waals surface area contributed by atoms with E-state index in [4.69, 9.17) is 0 Å². The standard InChI is InChI=1S/C29H29N7S/c1-6-8-22(28-9-7-10-37-28)23-12-26(33-19(23)3)29-24-13-25(31-16-27(24)34-35-29)20-11-21(15-30-14-20)32-18(2)17-36(4)5/h6-16,32-33H,1-2,17H2,3-5H3,(H,34,35)/b22-8+. The zero-order chi connectivity index (χ0) is 25.9. The summed E-state index contributed by atoms with van der Waals surface area (Å²) < 4.78 is 0. The maximum absolute atomic E-state index is 4.66. The van der Waals surface area contributed by atoms with E-state index in [1.54, 1.807) is 17.5 Å². The van der Waals surface area contributed by atoms with Crippen LogP contribution >= 0.6 is 11.3 Å². The monoisotopic (exact) mass is 507 g/mol. The van der Waals surface area contributed by atoms with E-state index in [0.717, 1.165) is 68.3 Å². The van der Waals surface area contributed by atoms with Crippen LogP contribution in [0.4, 0.5) is 5.69 Å². The topological polar surface area (TPSA) is 85.5 Å². The number of allylic oxidation sites excluding steroid dienone is 2. The summed E-state index contributed by atoms with van der Waals surface area (Å²) in [6, 6.07) is 10.4. The first-order chi connectivity index (χ1) is 17.9. The molecule has 0 amide bonds. The van der Waals surface area contributed by atoms with Crippen molar-refractivity contribution in [1.29, 1.82) is 0 Å². The molecular weight excluding hydrogens is 478 g/mol. The van der Waals surface area contributed by atoms with Gasteiger partial charge in [-0.1, -0.05) is 31.4 Å². The predicted molar refractivity (Wildman–Crippen MR) is 155 cm³/mol. The summed E-state index contributed by atoms with van der Waals surface area (Å²) in [6.45, 7) is 10.8. The van der Waals surface area contributed by atoms with Crippen molar-refractivity contribution >= 4 is 33.5 Å². The van der Waals surface area contributed by atoms with Gasteiger partial charge in [0, 0.05) is 51.1 Å². The van der Waals surface area contributed by atoms with Crippen molar-refractivity contribution in [3.63, 3.8) is 0 Å². The van der Waals surface area contributed by atoms with E-state index < -0.39 is 0 Å². The molecule has 0 aromatic carbocycles. The molecule has 7 nitrogen and oxygen atoms in total. The Kier molecular flexibility index (Phi) is 6.85. The molecule has 0 saturated carbocycles. The number of anilines is 1. The predicted octanol–water partition coefficient (Wildman–Crippen LogP) is 6.49. The Morgan fingerprint density at radius 3 is 2.81 bits per heavy atom. The van der Waals surface area contributed by atoms with Gasteiger partial charge in [-0.2, -0.15) is 5.10 Å². The van der Waals surface area contributed by atoms with Crippen LogP contribution in [0, 0.1) is 6.92 Å². The van der Waals surface area contributed by atoms with Crippen molar-refractivity contribution in [2.45, 2.75) is 6.92 Å². The Hall–Kier alpha value is -4.27. The van der Waals surface area contributed by atoms with E-state index in [2.05, 4.69) is 91.2 Å². The summed E-state index contributed by atoms with van der Waals surface area (Å²) in [5, 5.41) is 14.2. The Balaban J connectivity index is 1.50. The first kappa shape index (κ1) is 24.4. The molecule has 0 aliphatic rings. The Bertz CT molecular complexity index is 1600. The molecule has 8 heteroatoms. The SMILES string of the molecule is C=C/C=C(/c1cccs1)c1cc(-c2n[nH]c3cnc(-c4cncc(NC(=C)CN(C)C)c4)cc23)[nH]c1C. The number of nitrogens with one attached hydrogen (secondary N) is 3. The molecule has 0 spiro atoms. The number of nitrogens with zero attached hydrogens (tertiary/aromatic N) is 4. The third-order valence-corrected chi connectivity index (χ3v) is 6.84. The fourth-order valence-electron chi connectivity index (χ4n) is 4.37. The van der Waals surface area contributed by atoms with Crippen LogP contribution in [0.5, 0.6) is 0 Å². The average molecular weight is 508 g/mol. The maximum atomic E-state index is 4.66. The van der Waals surface area contributed by atoms with Crippen LogP contribution in [-0.2, 0) is 0 Å². The number of rotatable bonds is 9. The highest BCUT2D eigenvalue weighted by molar-refractivity contribution is 7.11. The van der Waals surface area contributed by atoms with Crippen LogP contribution in [0.1, 0.15) is 16.1 Å². The third kappa shape index (κ3) is 5.16. The van der Waals surface area contributed by atoms with Crippen LogP contribution in [0.15, 0.2) is 85.3 Å². The van der Waals surface area contributed by atoms with Crippen molar-refractivity contribution in [3.8, 4) is 22.6 Å². The molecule has 3 N–H and O–H groups in total. The molecule has 5 aromatic rings. The van der Waals surface area contributed by atoms with Crippen LogP contribution in [0.3, 0.4) is 0 Å². The summed E-state index contributed by atoms with van der Waals surface area (Å²) >= 11 is 1.71. The van der Waals surface area contributed by atoms with E-state index >= 15 is 0 Å². The molecule has 5 heterocycles. The molecule has 0 radical (unpaired) electrons. The second-order valence-corrected chi connectivity index (χ2v) is 10.1. The molecule has 0 bridgehead atoms. The Morgan fingerprint density at radius 2 is 2.05 bits per heavy atom. The van der Waals surface area contributed by atoms with E-state index in [1.165, 1.54) is 4.88 Å². The molecule has 0 unspecified atom stereocenters. The van der Waals surface area contributed by atoms with Crippen LogP contribution in [-0.4, -0.2) is 50.7 Å². The summed E-state index contributed by atoms with van der Waals surface area (Å²) in [6.07, 6.45) is 9.31. The van der Waals surface area contributed by atoms with Gasteiger partial charge in [0.15, 0.2) is 0 Å². The van der Waals surface area contributed by atoms with E-state index in [0.29, 0.717) is 0 Å². The van der Waals surface area contributed by atoms with Crippen molar-refractivity contribution in [3.05, 3.63) is 101 Å². The van der Waals surface area contributed by atoms with Gasteiger partial charge < -0.3 is 15.2 Å². The van der Waals surface area contributed by atoms with Gasteiger partial charge >= 0.3 is 0 Å². The minimum Gasteiger partial charge on any atom is -0.357 e. The number of aryl methyl sites for hydroxylation is 1. The van der Waals surface area contributed by atoms with Crippen LogP contribution < -0.4 is 5.32 Å². The largest absolute Gasteiger partial charge is 0.357 e. The lowest BCUT2D eigenvalue weighted by Crippen LogP contribution is -2.18. The second-order valence-electron chi connectivity index (χ2n) is 9.13. The van der Waals surface area contributed by atoms with Gasteiger partial charge in [0.25, 0.3) is 0 Å². The number of fused-ring (bicyclic) bond motifs is 1. The van der Waals surface area contributed by atoms with Gasteiger partial charge in [-0.3, -0.25) is 15.1 Å². The second kappa shape index (κ2) is 10.4. The lowest BCUT2D eigenvalue weighted by Gasteiger charge is -2.14.